The van der Waals surface area contributed by atoms with Gasteiger partial charge in [-0.2, -0.15) is 0 Å². The number of esters is 3. The minimum Gasteiger partial charge on any atom is -0.462 e. The second kappa shape index (κ2) is 61.4. The average molecular weight is 1020 g/mol. The molecule has 0 heterocycles. The highest BCUT2D eigenvalue weighted by molar-refractivity contribution is 5.71. The van der Waals surface area contributed by atoms with E-state index in [0.29, 0.717) is 19.3 Å². The minimum atomic E-state index is -0.768. The summed E-state index contributed by atoms with van der Waals surface area (Å²) in [5, 5.41) is 0. The Morgan fingerprint density at radius 1 is 0.288 bits per heavy atom. The molecule has 1 unspecified atom stereocenters. The minimum absolute atomic E-state index is 0.0695. The molecule has 0 aromatic rings. The van der Waals surface area contributed by atoms with Crippen LogP contribution in [0.25, 0.3) is 0 Å². The largest absolute Gasteiger partial charge is 0.462 e. The SMILES string of the molecule is CC/C=C\C/C=C\C/C=C\C/C=C\C/C=C\C/C=C\CCCCCCCCCCCCCCCCC(=O)OCC(COC(=O)CCCCCCCCCC)OC(=O)CCCCCCCCCCCCCCCC. The number of hydrogen-bond acceptors (Lipinski definition) is 6. The van der Waals surface area contributed by atoms with E-state index in [1.54, 1.807) is 0 Å². The van der Waals surface area contributed by atoms with Crippen LogP contribution in [0.2, 0.25) is 0 Å². The average Bonchev–Trinajstić information content (AvgIpc) is 3.39. The summed E-state index contributed by atoms with van der Waals surface area (Å²) in [6.07, 6.45) is 79.3. The quantitative estimate of drug-likeness (QED) is 0.0261. The van der Waals surface area contributed by atoms with Gasteiger partial charge in [0, 0.05) is 19.3 Å². The van der Waals surface area contributed by atoms with Crippen molar-refractivity contribution in [3.05, 3.63) is 72.9 Å². The third-order valence-electron chi connectivity index (χ3n) is 13.7. The van der Waals surface area contributed by atoms with E-state index in [9.17, 15) is 14.4 Å². The van der Waals surface area contributed by atoms with E-state index in [1.807, 2.05) is 0 Å². The summed E-state index contributed by atoms with van der Waals surface area (Å²) in [7, 11) is 0. The summed E-state index contributed by atoms with van der Waals surface area (Å²) in [5.41, 5.74) is 0. The summed E-state index contributed by atoms with van der Waals surface area (Å²) in [4.78, 5) is 38.0. The monoisotopic (exact) mass is 1020 g/mol. The Morgan fingerprint density at radius 3 is 0.836 bits per heavy atom. The van der Waals surface area contributed by atoms with Crippen molar-refractivity contribution in [1.82, 2.24) is 0 Å². The molecular formula is C67H118O6. The summed E-state index contributed by atoms with van der Waals surface area (Å²) in [6, 6.07) is 0. The molecule has 0 amide bonds. The van der Waals surface area contributed by atoms with Crippen LogP contribution in [-0.4, -0.2) is 37.2 Å². The Balaban J connectivity index is 4.04. The summed E-state index contributed by atoms with van der Waals surface area (Å²) < 4.78 is 16.8. The first-order valence-electron chi connectivity index (χ1n) is 31.4. The fourth-order valence-electron chi connectivity index (χ4n) is 9.04. The van der Waals surface area contributed by atoms with Gasteiger partial charge in [-0.3, -0.25) is 14.4 Å². The van der Waals surface area contributed by atoms with E-state index in [4.69, 9.17) is 14.2 Å². The van der Waals surface area contributed by atoms with E-state index in [2.05, 4.69) is 93.7 Å². The summed E-state index contributed by atoms with van der Waals surface area (Å²) >= 11 is 0. The Kier molecular flexibility index (Phi) is 58.7. The zero-order chi connectivity index (χ0) is 52.9. The van der Waals surface area contributed by atoms with Gasteiger partial charge in [-0.25, -0.2) is 0 Å². The first-order valence-corrected chi connectivity index (χ1v) is 31.4. The molecule has 422 valence electrons. The Bertz CT molecular complexity index is 1360. The molecule has 0 radical (unpaired) electrons. The van der Waals surface area contributed by atoms with Gasteiger partial charge in [-0.05, 0) is 70.6 Å². The topological polar surface area (TPSA) is 78.9 Å². The predicted octanol–water partition coefficient (Wildman–Crippen LogP) is 21.3. The molecule has 0 aromatic heterocycles. The number of carbonyl (C=O) groups is 3. The summed E-state index contributed by atoms with van der Waals surface area (Å²) in [6.45, 7) is 6.53. The van der Waals surface area contributed by atoms with Crippen LogP contribution >= 0.6 is 0 Å². The van der Waals surface area contributed by atoms with Crippen LogP contribution in [0.5, 0.6) is 0 Å². The molecule has 6 nitrogen and oxygen atoms in total. The van der Waals surface area contributed by atoms with Gasteiger partial charge in [-0.15, -0.1) is 0 Å². The maximum Gasteiger partial charge on any atom is 0.306 e. The summed E-state index contributed by atoms with van der Waals surface area (Å²) in [5.74, 6) is -0.860. The highest BCUT2D eigenvalue weighted by Crippen LogP contribution is 2.17. The molecule has 0 spiro atoms. The van der Waals surface area contributed by atoms with Crippen molar-refractivity contribution >= 4 is 17.9 Å². The molecule has 6 heteroatoms. The maximum atomic E-state index is 12.8. The number of carbonyl (C=O) groups excluding carboxylic acids is 3. The molecule has 0 fully saturated rings. The zero-order valence-corrected chi connectivity index (χ0v) is 48.4. The van der Waals surface area contributed by atoms with Crippen LogP contribution in [0.4, 0.5) is 0 Å². The lowest BCUT2D eigenvalue weighted by molar-refractivity contribution is -0.167. The molecule has 0 saturated carbocycles. The lowest BCUT2D eigenvalue weighted by Crippen LogP contribution is -2.30. The molecule has 73 heavy (non-hydrogen) atoms. The second-order valence-corrected chi connectivity index (χ2v) is 21.0. The highest BCUT2D eigenvalue weighted by Gasteiger charge is 2.19. The number of allylic oxidation sites excluding steroid dienone is 12. The third-order valence-corrected chi connectivity index (χ3v) is 13.7. The van der Waals surface area contributed by atoms with Gasteiger partial charge in [0.05, 0.1) is 0 Å². The maximum absolute atomic E-state index is 12.8. The van der Waals surface area contributed by atoms with E-state index in [-0.39, 0.29) is 31.1 Å². The molecule has 0 bridgehead atoms. The van der Waals surface area contributed by atoms with Crippen molar-refractivity contribution in [2.45, 2.75) is 322 Å². The Hall–Kier alpha value is -3.15. The van der Waals surface area contributed by atoms with Crippen LogP contribution < -0.4 is 0 Å². The van der Waals surface area contributed by atoms with Crippen LogP contribution in [0, 0.1) is 0 Å². The molecular weight excluding hydrogens is 901 g/mol. The predicted molar refractivity (Wildman–Crippen MR) is 316 cm³/mol. The van der Waals surface area contributed by atoms with Gasteiger partial charge in [0.15, 0.2) is 6.10 Å². The lowest BCUT2D eigenvalue weighted by atomic mass is 10.0. The van der Waals surface area contributed by atoms with Crippen LogP contribution in [-0.2, 0) is 28.6 Å². The Morgan fingerprint density at radius 2 is 0.534 bits per heavy atom. The molecule has 0 aromatic carbocycles. The van der Waals surface area contributed by atoms with Gasteiger partial charge in [0.2, 0.25) is 0 Å². The second-order valence-electron chi connectivity index (χ2n) is 21.0. The van der Waals surface area contributed by atoms with E-state index >= 15 is 0 Å². The van der Waals surface area contributed by atoms with Crippen LogP contribution in [0.1, 0.15) is 316 Å². The van der Waals surface area contributed by atoms with Crippen LogP contribution in [0.3, 0.4) is 0 Å². The molecule has 0 aliphatic heterocycles. The van der Waals surface area contributed by atoms with E-state index in [1.165, 1.54) is 180 Å². The first-order chi connectivity index (χ1) is 36.0. The number of unbranched alkanes of at least 4 members (excludes halogenated alkanes) is 34. The van der Waals surface area contributed by atoms with E-state index < -0.39 is 6.10 Å². The van der Waals surface area contributed by atoms with Crippen molar-refractivity contribution in [3.8, 4) is 0 Å². The molecule has 0 aliphatic carbocycles. The Labute approximate surface area is 453 Å². The fourth-order valence-corrected chi connectivity index (χ4v) is 9.04. The van der Waals surface area contributed by atoms with Crippen molar-refractivity contribution in [2.75, 3.05) is 13.2 Å². The molecule has 1 atom stereocenters. The zero-order valence-electron chi connectivity index (χ0n) is 48.4. The van der Waals surface area contributed by atoms with Crippen molar-refractivity contribution in [1.29, 1.82) is 0 Å². The fraction of sp³-hybridized carbons (Fsp3) is 0.776. The molecule has 0 N–H and O–H groups in total. The van der Waals surface area contributed by atoms with Gasteiger partial charge in [0.25, 0.3) is 0 Å². The van der Waals surface area contributed by atoms with Crippen LogP contribution in [0.15, 0.2) is 72.9 Å². The van der Waals surface area contributed by atoms with Gasteiger partial charge < -0.3 is 14.2 Å². The first kappa shape index (κ1) is 69.8. The standard InChI is InChI=1S/C67H118O6/c1-4-7-10-13-16-19-21-23-25-26-27-28-29-30-31-32-33-34-35-36-37-38-39-40-41-42-43-45-46-48-51-54-57-60-66(69)72-63-64(62-71-65(68)59-56-53-50-18-15-12-9-6-3)73-67(70)61-58-55-52-49-47-44-24-22-20-17-14-11-8-5-2/h7,10,16,19,23,25,27-28,30-31,33-34,64H,4-6,8-9,11-15,17-18,20-22,24,26,29,32,35-63H2,1-3H3/b10-7-,19-16-,25-23-,28-27-,31-30-,34-33-. The number of hydrogen-bond donors (Lipinski definition) is 0. The van der Waals surface area contributed by atoms with E-state index in [0.717, 1.165) is 96.3 Å². The highest BCUT2D eigenvalue weighted by atomic mass is 16.6. The van der Waals surface area contributed by atoms with Gasteiger partial charge in [0.1, 0.15) is 13.2 Å². The smallest absolute Gasteiger partial charge is 0.306 e. The van der Waals surface area contributed by atoms with Crippen molar-refractivity contribution < 1.29 is 28.6 Å². The molecule has 0 rings (SSSR count). The number of ether oxygens (including phenoxy) is 3. The molecule has 0 saturated heterocycles. The number of rotatable bonds is 57. The van der Waals surface area contributed by atoms with Crippen molar-refractivity contribution in [3.63, 3.8) is 0 Å². The lowest BCUT2D eigenvalue weighted by Gasteiger charge is -2.18. The van der Waals surface area contributed by atoms with Gasteiger partial charge in [-0.1, -0.05) is 299 Å². The third kappa shape index (κ3) is 59.6. The molecule has 0 aliphatic rings. The van der Waals surface area contributed by atoms with Gasteiger partial charge >= 0.3 is 17.9 Å². The normalized spacial score (nSPS) is 12.5. The van der Waals surface area contributed by atoms with Crippen molar-refractivity contribution in [2.24, 2.45) is 0 Å².